The van der Waals surface area contributed by atoms with Crippen LogP contribution in [0.15, 0.2) is 42.6 Å². The molecule has 0 radical (unpaired) electrons. The maximum absolute atomic E-state index is 15.4. The van der Waals surface area contributed by atoms with E-state index in [4.69, 9.17) is 4.74 Å². The Balaban J connectivity index is 1.38. The van der Waals surface area contributed by atoms with Crippen molar-refractivity contribution in [3.63, 3.8) is 0 Å². The third kappa shape index (κ3) is 5.41. The minimum absolute atomic E-state index is 0.0620. The van der Waals surface area contributed by atoms with Crippen LogP contribution in [0.3, 0.4) is 0 Å². The summed E-state index contributed by atoms with van der Waals surface area (Å²) in [6.45, 7) is 12.6. The summed E-state index contributed by atoms with van der Waals surface area (Å²) in [6.07, 6.45) is 1.53. The number of alkyl halides is 2. The number of hydrogen-bond acceptors (Lipinski definition) is 6. The van der Waals surface area contributed by atoms with Crippen LogP contribution in [0, 0.1) is 0 Å². The van der Waals surface area contributed by atoms with Gasteiger partial charge < -0.3 is 15.0 Å². The van der Waals surface area contributed by atoms with Crippen LogP contribution in [0.4, 0.5) is 14.5 Å². The molecule has 3 aliphatic rings. The molecule has 2 fully saturated rings. The summed E-state index contributed by atoms with van der Waals surface area (Å²) in [6, 6.07) is 9.60. The van der Waals surface area contributed by atoms with Gasteiger partial charge >= 0.3 is 5.92 Å². The molecule has 2 saturated heterocycles. The Morgan fingerprint density at radius 3 is 2.68 bits per heavy atom. The van der Waals surface area contributed by atoms with E-state index in [1.807, 2.05) is 13.8 Å². The first kappa shape index (κ1) is 26.2. The summed E-state index contributed by atoms with van der Waals surface area (Å²) in [4.78, 5) is 24.3. The number of amides is 1. The van der Waals surface area contributed by atoms with Crippen molar-refractivity contribution in [1.29, 1.82) is 0 Å². The maximum atomic E-state index is 15.4. The lowest BCUT2D eigenvalue weighted by atomic mass is 9.88. The van der Waals surface area contributed by atoms with Gasteiger partial charge in [0, 0.05) is 74.1 Å². The summed E-state index contributed by atoms with van der Waals surface area (Å²) in [7, 11) is 0. The number of anilines is 1. The number of morpholine rings is 1. The van der Waals surface area contributed by atoms with E-state index in [-0.39, 0.29) is 41.2 Å². The van der Waals surface area contributed by atoms with Gasteiger partial charge in [-0.1, -0.05) is 44.2 Å². The van der Waals surface area contributed by atoms with Gasteiger partial charge in [0.15, 0.2) is 0 Å². The monoisotopic (exact) mass is 513 g/mol. The average molecular weight is 514 g/mol. The normalized spacial score (nSPS) is 24.7. The minimum Gasteiger partial charge on any atom is -0.379 e. The van der Waals surface area contributed by atoms with Crippen LogP contribution >= 0.6 is 0 Å². The van der Waals surface area contributed by atoms with E-state index >= 15 is 8.78 Å². The molecule has 5 rings (SSSR count). The van der Waals surface area contributed by atoms with Crippen LogP contribution in [0.2, 0.25) is 0 Å². The number of aromatic nitrogens is 1. The molecule has 4 heterocycles. The number of halogens is 2. The number of ether oxygens (including phenoxy) is 1. The molecule has 0 spiro atoms. The lowest BCUT2D eigenvalue weighted by Crippen LogP contribution is -2.61. The number of fused-ring (bicyclic) bond motifs is 1. The standard InChI is InChI=1S/C28H37F2N5O2/c1-20-16-34(22(14-31-20)17-33-9-11-37-12-10-33)18-26(36)35-19-27(2,3)23-15-32-25(13-24(23)35)28(29,30)21-7-5-4-6-8-21/h4-8,13,15,20,22,31H,9-12,14,16-19H2,1-3H3/t20-,22-/m1/s1. The molecule has 2 atom stereocenters. The second-order valence-corrected chi connectivity index (χ2v) is 11.2. The number of hydrogen-bond donors (Lipinski definition) is 1. The van der Waals surface area contributed by atoms with Gasteiger partial charge in [-0.25, -0.2) is 0 Å². The predicted molar refractivity (Wildman–Crippen MR) is 139 cm³/mol. The molecule has 0 aliphatic carbocycles. The minimum atomic E-state index is -3.25. The number of carbonyl (C=O) groups is 1. The highest BCUT2D eigenvalue weighted by Crippen LogP contribution is 2.43. The Morgan fingerprint density at radius 2 is 1.95 bits per heavy atom. The number of nitrogens with zero attached hydrogens (tertiary/aromatic N) is 4. The van der Waals surface area contributed by atoms with Crippen LogP contribution in [0.5, 0.6) is 0 Å². The SMILES string of the molecule is C[C@@H]1CN(CC(=O)N2CC(C)(C)c3cnc(C(F)(F)c4ccccc4)cc32)[C@@H](CN2CCOCC2)CN1. The van der Waals surface area contributed by atoms with Gasteiger partial charge in [0.25, 0.3) is 0 Å². The van der Waals surface area contributed by atoms with Crippen molar-refractivity contribution in [1.82, 2.24) is 20.1 Å². The van der Waals surface area contributed by atoms with Crippen LogP contribution in [-0.4, -0.2) is 91.8 Å². The van der Waals surface area contributed by atoms with Gasteiger partial charge in [-0.3, -0.25) is 19.6 Å². The quantitative estimate of drug-likeness (QED) is 0.641. The van der Waals surface area contributed by atoms with Gasteiger partial charge in [0.1, 0.15) is 5.69 Å². The zero-order chi connectivity index (χ0) is 26.2. The number of piperazine rings is 1. The molecule has 7 nitrogen and oxygen atoms in total. The third-order valence-corrected chi connectivity index (χ3v) is 7.85. The number of benzene rings is 1. The summed E-state index contributed by atoms with van der Waals surface area (Å²) >= 11 is 0. The Labute approximate surface area is 217 Å². The highest BCUT2D eigenvalue weighted by atomic mass is 19.3. The van der Waals surface area contributed by atoms with E-state index in [0.717, 1.165) is 51.5 Å². The Kier molecular flexibility index (Phi) is 7.33. The fourth-order valence-corrected chi connectivity index (χ4v) is 5.69. The summed E-state index contributed by atoms with van der Waals surface area (Å²) in [5, 5.41) is 3.55. The molecule has 37 heavy (non-hydrogen) atoms. The molecular weight excluding hydrogens is 476 g/mol. The molecule has 1 amide bonds. The fraction of sp³-hybridized carbons (Fsp3) is 0.571. The Morgan fingerprint density at radius 1 is 1.22 bits per heavy atom. The Bertz CT molecular complexity index is 1110. The molecule has 0 unspecified atom stereocenters. The van der Waals surface area contributed by atoms with Crippen molar-refractivity contribution in [2.24, 2.45) is 0 Å². The van der Waals surface area contributed by atoms with E-state index < -0.39 is 5.92 Å². The van der Waals surface area contributed by atoms with Crippen molar-refractivity contribution in [3.8, 4) is 0 Å². The number of nitrogens with one attached hydrogen (secondary N) is 1. The van der Waals surface area contributed by atoms with Crippen LogP contribution in [0.25, 0.3) is 0 Å². The van der Waals surface area contributed by atoms with Gasteiger partial charge in [0.2, 0.25) is 5.91 Å². The molecule has 9 heteroatoms. The van der Waals surface area contributed by atoms with Crippen LogP contribution < -0.4 is 10.2 Å². The van der Waals surface area contributed by atoms with Crippen molar-refractivity contribution in [2.45, 2.75) is 44.2 Å². The molecular formula is C28H37F2N5O2. The van der Waals surface area contributed by atoms with Gasteiger partial charge in [-0.15, -0.1) is 0 Å². The van der Waals surface area contributed by atoms with E-state index in [1.165, 1.54) is 24.4 Å². The van der Waals surface area contributed by atoms with Crippen molar-refractivity contribution in [2.75, 3.05) is 63.9 Å². The molecule has 0 bridgehead atoms. The first-order valence-electron chi connectivity index (χ1n) is 13.2. The van der Waals surface area contributed by atoms with E-state index in [1.54, 1.807) is 23.1 Å². The molecule has 3 aliphatic heterocycles. The highest BCUT2D eigenvalue weighted by Gasteiger charge is 2.43. The molecule has 2 aromatic rings. The zero-order valence-electron chi connectivity index (χ0n) is 21.9. The van der Waals surface area contributed by atoms with Crippen molar-refractivity contribution < 1.29 is 18.3 Å². The average Bonchev–Trinajstić information content (AvgIpc) is 3.17. The van der Waals surface area contributed by atoms with E-state index in [9.17, 15) is 4.79 Å². The van der Waals surface area contributed by atoms with E-state index in [2.05, 4.69) is 27.0 Å². The molecule has 1 aromatic heterocycles. The smallest absolute Gasteiger partial charge is 0.314 e. The van der Waals surface area contributed by atoms with Crippen LogP contribution in [-0.2, 0) is 20.9 Å². The van der Waals surface area contributed by atoms with E-state index in [0.29, 0.717) is 12.2 Å². The number of pyridine rings is 1. The first-order chi connectivity index (χ1) is 17.6. The summed E-state index contributed by atoms with van der Waals surface area (Å²) in [5.74, 6) is -3.32. The topological polar surface area (TPSA) is 60.9 Å². The van der Waals surface area contributed by atoms with Gasteiger partial charge in [-0.05, 0) is 13.0 Å². The molecule has 200 valence electrons. The lowest BCUT2D eigenvalue weighted by molar-refractivity contribution is -0.121. The van der Waals surface area contributed by atoms with Crippen LogP contribution in [0.1, 0.15) is 37.6 Å². The Hall–Kier alpha value is -2.46. The summed E-state index contributed by atoms with van der Waals surface area (Å²) in [5.41, 5.74) is 0.547. The number of carbonyl (C=O) groups excluding carboxylic acids is 1. The van der Waals surface area contributed by atoms with Gasteiger partial charge in [0.05, 0.1) is 25.4 Å². The second-order valence-electron chi connectivity index (χ2n) is 11.2. The highest BCUT2D eigenvalue weighted by molar-refractivity contribution is 5.97. The largest absolute Gasteiger partial charge is 0.379 e. The zero-order valence-corrected chi connectivity index (χ0v) is 21.9. The predicted octanol–water partition coefficient (Wildman–Crippen LogP) is 2.84. The first-order valence-corrected chi connectivity index (χ1v) is 13.2. The van der Waals surface area contributed by atoms with Crippen molar-refractivity contribution in [3.05, 3.63) is 59.4 Å². The van der Waals surface area contributed by atoms with Crippen molar-refractivity contribution >= 4 is 11.6 Å². The van der Waals surface area contributed by atoms with Gasteiger partial charge in [-0.2, -0.15) is 8.78 Å². The number of rotatable bonds is 6. The maximum Gasteiger partial charge on any atom is 0.314 e. The summed E-state index contributed by atoms with van der Waals surface area (Å²) < 4.78 is 36.2. The fourth-order valence-electron chi connectivity index (χ4n) is 5.69. The lowest BCUT2D eigenvalue weighted by Gasteiger charge is -2.42. The third-order valence-electron chi connectivity index (χ3n) is 7.85. The molecule has 0 saturated carbocycles. The second kappa shape index (κ2) is 10.4. The molecule has 1 N–H and O–H groups in total. The molecule has 1 aromatic carbocycles.